The molecule has 8 nitrogen and oxygen atoms in total. The molecule has 6 aromatic carbocycles. The van der Waals surface area contributed by atoms with E-state index in [1.54, 1.807) is 35.9 Å². The fourth-order valence-electron chi connectivity index (χ4n) is 7.01. The lowest BCUT2D eigenvalue weighted by Gasteiger charge is -2.18. The van der Waals surface area contributed by atoms with Gasteiger partial charge in [-0.2, -0.15) is 23.5 Å². The van der Waals surface area contributed by atoms with E-state index in [0.29, 0.717) is 17.7 Å². The average molecular weight is 843 g/mol. The van der Waals surface area contributed by atoms with Crippen LogP contribution >= 0.6 is 23.5 Å². The topological polar surface area (TPSA) is 124 Å². The molecule has 10 heteroatoms. The number of rotatable bonds is 17. The molecule has 0 unspecified atom stereocenters. The van der Waals surface area contributed by atoms with Crippen LogP contribution in [0.15, 0.2) is 182 Å². The Morgan fingerprint density at radius 1 is 0.475 bits per heavy atom. The quantitative estimate of drug-likeness (QED) is 0.0535. The summed E-state index contributed by atoms with van der Waals surface area (Å²) in [6, 6.07) is 55.4. The van der Waals surface area contributed by atoms with Gasteiger partial charge in [-0.15, -0.1) is 0 Å². The van der Waals surface area contributed by atoms with E-state index < -0.39 is 23.4 Å². The van der Waals surface area contributed by atoms with E-state index in [1.165, 1.54) is 11.1 Å². The number of carbonyl (C=O) groups is 4. The number of Topliss-reactive ketones (excluding diaryl/α,β-unsaturated/α-hetero) is 2. The number of carbonyl (C=O) groups excluding carboxylic acids is 4. The van der Waals surface area contributed by atoms with Gasteiger partial charge in [0.15, 0.2) is 0 Å². The standard InChI is InChI=1S/C27H26N2O2S2.C24H20N2O2/c30-26(24-15-28-25-14-8-7-13-23(24)25)27(31)29-22(18-32-16-20-9-3-1-4-10-20)19-33-17-21-11-5-2-6-12-21;27-23(21-16-25-22-14-8-7-13-19(21)22)24(28)26-15-20(17-9-3-1-4-10-17)18-11-5-2-6-12-18/h1-15,22,28H,16-19H2,(H,29,31);1-14,16,20,25H,15H2,(H,26,28). The van der Waals surface area contributed by atoms with Crippen molar-refractivity contribution in [2.24, 2.45) is 0 Å². The maximum atomic E-state index is 12.9. The van der Waals surface area contributed by atoms with Gasteiger partial charge in [0.05, 0.1) is 11.1 Å². The van der Waals surface area contributed by atoms with Crippen molar-refractivity contribution in [3.8, 4) is 0 Å². The number of thioether (sulfide) groups is 2. The third-order valence-electron chi connectivity index (χ3n) is 10.1. The van der Waals surface area contributed by atoms with Gasteiger partial charge >= 0.3 is 0 Å². The highest BCUT2D eigenvalue weighted by molar-refractivity contribution is 7.99. The van der Waals surface area contributed by atoms with E-state index in [9.17, 15) is 19.2 Å². The Balaban J connectivity index is 0.000000186. The molecule has 0 bridgehead atoms. The fourth-order valence-corrected chi connectivity index (χ4v) is 9.22. The number of benzene rings is 6. The second-order valence-corrected chi connectivity index (χ2v) is 16.5. The first-order valence-corrected chi connectivity index (χ1v) is 22.4. The summed E-state index contributed by atoms with van der Waals surface area (Å²) in [4.78, 5) is 57.1. The molecular formula is C51H46N4O4S2. The highest BCUT2D eigenvalue weighted by Gasteiger charge is 2.24. The van der Waals surface area contributed by atoms with Gasteiger partial charge < -0.3 is 20.6 Å². The Labute approximate surface area is 364 Å². The number of fused-ring (bicyclic) bond motifs is 2. The number of amides is 2. The molecular weight excluding hydrogens is 797 g/mol. The van der Waals surface area contributed by atoms with E-state index >= 15 is 0 Å². The van der Waals surface area contributed by atoms with Crippen LogP contribution in [0.1, 0.15) is 48.9 Å². The molecule has 0 aliphatic heterocycles. The summed E-state index contributed by atoms with van der Waals surface area (Å²) < 4.78 is 0. The van der Waals surface area contributed by atoms with Crippen LogP contribution in [0.3, 0.4) is 0 Å². The second kappa shape index (κ2) is 21.6. The van der Waals surface area contributed by atoms with Crippen LogP contribution in [0, 0.1) is 0 Å². The summed E-state index contributed by atoms with van der Waals surface area (Å²) in [7, 11) is 0. The van der Waals surface area contributed by atoms with Crippen LogP contribution in [0.2, 0.25) is 0 Å². The number of H-pyrrole nitrogens is 2. The maximum absolute atomic E-state index is 12.9. The van der Waals surface area contributed by atoms with Gasteiger partial charge in [0.2, 0.25) is 0 Å². The Kier molecular flexibility index (Phi) is 15.0. The first kappa shape index (κ1) is 42.5. The molecule has 0 radical (unpaired) electrons. The Bertz CT molecular complexity index is 2580. The highest BCUT2D eigenvalue weighted by Crippen LogP contribution is 2.25. The third-order valence-corrected chi connectivity index (χ3v) is 12.5. The first-order valence-electron chi connectivity index (χ1n) is 20.1. The van der Waals surface area contributed by atoms with Crippen LogP contribution in [-0.4, -0.2) is 57.4 Å². The Morgan fingerprint density at radius 2 is 0.869 bits per heavy atom. The SMILES string of the molecule is O=C(NC(CSCc1ccccc1)CSCc1ccccc1)C(=O)c1c[nH]c2ccccc12.O=C(NCC(c1ccccc1)c1ccccc1)C(=O)c1c[nH]c2ccccc12. The van der Waals surface area contributed by atoms with Crippen molar-refractivity contribution >= 4 is 68.7 Å². The lowest BCUT2D eigenvalue weighted by atomic mass is 9.91. The van der Waals surface area contributed by atoms with E-state index in [1.807, 2.05) is 146 Å². The molecule has 0 spiro atoms. The molecule has 306 valence electrons. The largest absolute Gasteiger partial charge is 0.360 e. The van der Waals surface area contributed by atoms with Gasteiger partial charge in [0.25, 0.3) is 23.4 Å². The molecule has 0 saturated heterocycles. The van der Waals surface area contributed by atoms with Crippen molar-refractivity contribution in [1.82, 2.24) is 20.6 Å². The number of para-hydroxylation sites is 2. The van der Waals surface area contributed by atoms with Gasteiger partial charge in [0, 0.05) is 75.7 Å². The van der Waals surface area contributed by atoms with Crippen molar-refractivity contribution in [2.45, 2.75) is 23.5 Å². The Hall–Kier alpha value is -6.62. The molecule has 0 aliphatic carbocycles. The summed E-state index contributed by atoms with van der Waals surface area (Å²) in [6.45, 7) is 0.348. The molecule has 8 aromatic rings. The average Bonchev–Trinajstić information content (AvgIpc) is 3.95. The minimum absolute atomic E-state index is 0.0258. The van der Waals surface area contributed by atoms with Gasteiger partial charge in [-0.25, -0.2) is 0 Å². The molecule has 8 rings (SSSR count). The summed E-state index contributed by atoms with van der Waals surface area (Å²) in [5, 5.41) is 7.35. The van der Waals surface area contributed by atoms with Gasteiger partial charge in [0.1, 0.15) is 0 Å². The van der Waals surface area contributed by atoms with Crippen LogP contribution in [0.25, 0.3) is 21.8 Å². The van der Waals surface area contributed by atoms with Crippen molar-refractivity contribution in [1.29, 1.82) is 0 Å². The molecule has 2 amide bonds. The normalized spacial score (nSPS) is 11.0. The Morgan fingerprint density at radius 3 is 1.33 bits per heavy atom. The fraction of sp³-hybridized carbons (Fsp3) is 0.137. The summed E-state index contributed by atoms with van der Waals surface area (Å²) in [5.74, 6) is 1.01. The predicted octanol–water partition coefficient (Wildman–Crippen LogP) is 10.0. The number of hydrogen-bond acceptors (Lipinski definition) is 6. The van der Waals surface area contributed by atoms with Crippen molar-refractivity contribution in [2.75, 3.05) is 18.1 Å². The van der Waals surface area contributed by atoms with E-state index in [-0.39, 0.29) is 12.0 Å². The summed E-state index contributed by atoms with van der Waals surface area (Å²) in [6.07, 6.45) is 3.22. The number of aromatic nitrogens is 2. The zero-order chi connectivity index (χ0) is 42.2. The second-order valence-electron chi connectivity index (χ2n) is 14.4. The van der Waals surface area contributed by atoms with Crippen LogP contribution in [0.5, 0.6) is 0 Å². The van der Waals surface area contributed by atoms with E-state index in [2.05, 4.69) is 44.9 Å². The maximum Gasteiger partial charge on any atom is 0.292 e. The van der Waals surface area contributed by atoms with E-state index in [0.717, 1.165) is 55.9 Å². The number of aromatic amines is 2. The molecule has 4 N–H and O–H groups in total. The minimum Gasteiger partial charge on any atom is -0.360 e. The zero-order valence-electron chi connectivity index (χ0n) is 33.5. The molecule has 0 atom stereocenters. The number of nitrogens with one attached hydrogen (secondary N) is 4. The molecule has 0 aliphatic rings. The van der Waals surface area contributed by atoms with Crippen LogP contribution < -0.4 is 10.6 Å². The predicted molar refractivity (Wildman–Crippen MR) is 250 cm³/mol. The van der Waals surface area contributed by atoms with Gasteiger partial charge in [-0.3, -0.25) is 19.2 Å². The molecule has 0 fully saturated rings. The van der Waals surface area contributed by atoms with Crippen molar-refractivity contribution in [3.63, 3.8) is 0 Å². The molecule has 2 heterocycles. The van der Waals surface area contributed by atoms with Crippen molar-refractivity contribution in [3.05, 3.63) is 216 Å². The van der Waals surface area contributed by atoms with Gasteiger partial charge in [-0.05, 0) is 34.4 Å². The number of hydrogen-bond donors (Lipinski definition) is 4. The molecule has 61 heavy (non-hydrogen) atoms. The van der Waals surface area contributed by atoms with Gasteiger partial charge in [-0.1, -0.05) is 158 Å². The minimum atomic E-state index is -0.596. The van der Waals surface area contributed by atoms with Crippen LogP contribution in [0.4, 0.5) is 0 Å². The molecule has 0 saturated carbocycles. The zero-order valence-corrected chi connectivity index (χ0v) is 35.1. The lowest BCUT2D eigenvalue weighted by Crippen LogP contribution is -2.42. The highest BCUT2D eigenvalue weighted by atomic mass is 32.2. The molecule has 2 aromatic heterocycles. The lowest BCUT2D eigenvalue weighted by molar-refractivity contribution is -0.117. The monoisotopic (exact) mass is 842 g/mol. The number of ketones is 2. The summed E-state index contributed by atoms with van der Waals surface area (Å²) in [5.41, 5.74) is 7.17. The van der Waals surface area contributed by atoms with Crippen LogP contribution in [-0.2, 0) is 21.1 Å². The summed E-state index contributed by atoms with van der Waals surface area (Å²) >= 11 is 3.54. The first-order chi connectivity index (χ1) is 29.9. The van der Waals surface area contributed by atoms with E-state index in [4.69, 9.17) is 0 Å². The smallest absolute Gasteiger partial charge is 0.292 e. The third kappa shape index (κ3) is 11.6. The van der Waals surface area contributed by atoms with Crippen molar-refractivity contribution < 1.29 is 19.2 Å².